The van der Waals surface area contributed by atoms with Crippen molar-refractivity contribution in [3.8, 4) is 0 Å². The number of nitrogens with one attached hydrogen (secondary N) is 2. The molecule has 43 heavy (non-hydrogen) atoms. The Morgan fingerprint density at radius 1 is 1.05 bits per heavy atom. The molecule has 4 atom stereocenters. The van der Waals surface area contributed by atoms with Gasteiger partial charge in [-0.05, 0) is 48.4 Å². The second kappa shape index (κ2) is 13.7. The van der Waals surface area contributed by atoms with Crippen LogP contribution in [-0.4, -0.2) is 68.6 Å². The Bertz CT molecular complexity index is 1450. The second-order valence-corrected chi connectivity index (χ2v) is 11.4. The van der Waals surface area contributed by atoms with E-state index in [1.54, 1.807) is 13.8 Å². The van der Waals surface area contributed by atoms with Gasteiger partial charge in [-0.1, -0.05) is 58.0 Å². The van der Waals surface area contributed by atoms with Gasteiger partial charge in [-0.3, -0.25) is 9.59 Å². The molecule has 0 bridgehead atoms. The Morgan fingerprint density at radius 3 is 2.42 bits per heavy atom. The molecule has 0 aliphatic carbocycles. The molecular weight excluding hydrogens is 556 g/mol. The lowest BCUT2D eigenvalue weighted by molar-refractivity contribution is -0.141. The van der Waals surface area contributed by atoms with Crippen LogP contribution < -0.4 is 10.6 Å². The number of alkyl carbamates (subject to hydrolysis) is 1. The molecule has 1 aliphatic rings. The van der Waals surface area contributed by atoms with Gasteiger partial charge in [0, 0.05) is 6.54 Å². The highest BCUT2D eigenvalue weighted by atomic mass is 16.5. The molecule has 3 aromatic rings. The van der Waals surface area contributed by atoms with Gasteiger partial charge in [-0.2, -0.15) is 0 Å². The Balaban J connectivity index is 1.43. The Hall–Kier alpha value is -4.45. The van der Waals surface area contributed by atoms with Crippen LogP contribution in [0.2, 0.25) is 0 Å². The number of carboxylic acid groups (broad SMARTS) is 1. The number of amides is 3. The SMILES string of the molecule is CC(C)[C@H](NC(=O)[C@@H]1CCCN1C(=O)[C@@H](NC(=O)OCc1ccccc1)C(C)C)C(O)c1nc2cc(C(=O)O)ccc2o1. The molecule has 2 heterocycles. The first-order valence-corrected chi connectivity index (χ1v) is 14.4. The Kier molecular flexibility index (Phi) is 10.0. The number of aromatic nitrogens is 1. The normalized spacial score (nSPS) is 17.1. The number of aromatic carboxylic acids is 1. The van der Waals surface area contributed by atoms with Gasteiger partial charge in [0.15, 0.2) is 11.7 Å². The highest BCUT2D eigenvalue weighted by Gasteiger charge is 2.40. The molecular formula is C31H38N4O8. The number of hydrogen-bond acceptors (Lipinski definition) is 8. The van der Waals surface area contributed by atoms with Gasteiger partial charge >= 0.3 is 12.1 Å². The van der Waals surface area contributed by atoms with Crippen molar-refractivity contribution in [1.29, 1.82) is 0 Å². The number of aliphatic hydroxyl groups is 1. The number of carbonyl (C=O) groups excluding carboxylic acids is 3. The largest absolute Gasteiger partial charge is 0.478 e. The summed E-state index contributed by atoms with van der Waals surface area (Å²) in [6.07, 6.45) is -1.05. The summed E-state index contributed by atoms with van der Waals surface area (Å²) >= 11 is 0. The van der Waals surface area contributed by atoms with Crippen LogP contribution in [-0.2, 0) is 20.9 Å². The van der Waals surface area contributed by atoms with Crippen molar-refractivity contribution in [3.63, 3.8) is 0 Å². The summed E-state index contributed by atoms with van der Waals surface area (Å²) < 4.78 is 11.0. The van der Waals surface area contributed by atoms with E-state index in [-0.39, 0.29) is 41.3 Å². The van der Waals surface area contributed by atoms with E-state index >= 15 is 0 Å². The van der Waals surface area contributed by atoms with E-state index in [0.717, 1.165) is 5.56 Å². The van der Waals surface area contributed by atoms with Crippen LogP contribution in [0, 0.1) is 11.8 Å². The molecule has 12 nitrogen and oxygen atoms in total. The van der Waals surface area contributed by atoms with E-state index in [4.69, 9.17) is 9.15 Å². The zero-order chi connectivity index (χ0) is 31.3. The lowest BCUT2D eigenvalue weighted by Gasteiger charge is -2.32. The lowest BCUT2D eigenvalue weighted by atomic mass is 9.97. The first-order valence-electron chi connectivity index (χ1n) is 14.4. The number of benzene rings is 2. The molecule has 4 rings (SSSR count). The van der Waals surface area contributed by atoms with Crippen molar-refractivity contribution in [2.24, 2.45) is 11.8 Å². The smallest absolute Gasteiger partial charge is 0.408 e. The third kappa shape index (κ3) is 7.50. The predicted molar refractivity (Wildman–Crippen MR) is 156 cm³/mol. The molecule has 1 unspecified atom stereocenters. The van der Waals surface area contributed by atoms with Gasteiger partial charge in [-0.25, -0.2) is 14.6 Å². The number of carbonyl (C=O) groups is 4. The van der Waals surface area contributed by atoms with Crippen molar-refractivity contribution in [2.45, 2.75) is 71.4 Å². The highest BCUT2D eigenvalue weighted by molar-refractivity contribution is 5.93. The maximum Gasteiger partial charge on any atom is 0.408 e. The maximum atomic E-state index is 13.6. The molecule has 0 saturated carbocycles. The summed E-state index contributed by atoms with van der Waals surface area (Å²) in [6.45, 7) is 7.63. The predicted octanol–water partition coefficient (Wildman–Crippen LogP) is 3.64. The average molecular weight is 595 g/mol. The third-order valence-electron chi connectivity index (χ3n) is 7.53. The standard InChI is InChI=1S/C31H38N4O8/c1-17(2)24(26(36)28-32-21-15-20(30(39)40)12-13-23(21)43-28)33-27(37)22-11-8-14-35(22)29(38)25(18(3)4)34-31(41)42-16-19-9-6-5-7-10-19/h5-7,9-10,12-13,15,17-18,22,24-26,36H,8,11,14,16H2,1-4H3,(H,33,37)(H,34,41)(H,39,40)/t22-,24-,25-,26?/m0/s1. The summed E-state index contributed by atoms with van der Waals surface area (Å²) in [5, 5.41) is 25.9. The summed E-state index contributed by atoms with van der Waals surface area (Å²) in [6, 6.07) is 10.8. The van der Waals surface area contributed by atoms with Gasteiger partial charge in [0.25, 0.3) is 0 Å². The quantitative estimate of drug-likeness (QED) is 0.259. The van der Waals surface area contributed by atoms with Crippen LogP contribution in [0.15, 0.2) is 52.9 Å². The highest BCUT2D eigenvalue weighted by Crippen LogP contribution is 2.27. The van der Waals surface area contributed by atoms with E-state index in [1.165, 1.54) is 23.1 Å². The number of aliphatic hydroxyl groups excluding tert-OH is 1. The van der Waals surface area contributed by atoms with E-state index in [9.17, 15) is 29.4 Å². The molecule has 0 spiro atoms. The molecule has 3 amide bonds. The minimum Gasteiger partial charge on any atom is -0.478 e. The Morgan fingerprint density at radius 2 is 1.77 bits per heavy atom. The summed E-state index contributed by atoms with van der Waals surface area (Å²) in [7, 11) is 0. The van der Waals surface area contributed by atoms with Crippen LogP contribution in [0.1, 0.15) is 68.5 Å². The van der Waals surface area contributed by atoms with Gasteiger partial charge in [0.1, 0.15) is 24.2 Å². The molecule has 0 radical (unpaired) electrons. The molecule has 1 saturated heterocycles. The summed E-state index contributed by atoms with van der Waals surface area (Å²) in [5.74, 6) is -2.53. The van der Waals surface area contributed by atoms with E-state index in [0.29, 0.717) is 25.0 Å². The van der Waals surface area contributed by atoms with E-state index < -0.39 is 42.2 Å². The van der Waals surface area contributed by atoms with Crippen molar-refractivity contribution in [3.05, 3.63) is 65.5 Å². The van der Waals surface area contributed by atoms with Gasteiger partial charge < -0.3 is 34.9 Å². The number of ether oxygens (including phenoxy) is 1. The molecule has 1 aromatic heterocycles. The first kappa shape index (κ1) is 31.5. The molecule has 2 aromatic carbocycles. The average Bonchev–Trinajstić information content (AvgIpc) is 3.64. The first-order chi connectivity index (χ1) is 20.5. The van der Waals surface area contributed by atoms with Crippen molar-refractivity contribution >= 4 is 35.0 Å². The molecule has 1 aliphatic heterocycles. The number of hydrogen-bond donors (Lipinski definition) is 4. The van der Waals surface area contributed by atoms with Crippen LogP contribution in [0.3, 0.4) is 0 Å². The van der Waals surface area contributed by atoms with Gasteiger partial charge in [-0.15, -0.1) is 0 Å². The minimum absolute atomic E-state index is 0.0280. The minimum atomic E-state index is -1.33. The van der Waals surface area contributed by atoms with Crippen LogP contribution in [0.5, 0.6) is 0 Å². The van der Waals surface area contributed by atoms with Crippen LogP contribution in [0.4, 0.5) is 4.79 Å². The van der Waals surface area contributed by atoms with E-state index in [2.05, 4.69) is 15.6 Å². The number of oxazole rings is 1. The topological polar surface area (TPSA) is 171 Å². The zero-order valence-corrected chi connectivity index (χ0v) is 24.6. The monoisotopic (exact) mass is 594 g/mol. The molecule has 12 heteroatoms. The lowest BCUT2D eigenvalue weighted by Crippen LogP contribution is -2.56. The van der Waals surface area contributed by atoms with Gasteiger partial charge in [0.05, 0.1) is 11.6 Å². The van der Waals surface area contributed by atoms with Crippen molar-refractivity contribution in [1.82, 2.24) is 20.5 Å². The number of likely N-dealkylation sites (tertiary alicyclic amines) is 1. The second-order valence-electron chi connectivity index (χ2n) is 11.4. The Labute approximate surface area is 249 Å². The fourth-order valence-corrected chi connectivity index (χ4v) is 5.12. The third-order valence-corrected chi connectivity index (χ3v) is 7.53. The maximum absolute atomic E-state index is 13.6. The van der Waals surface area contributed by atoms with E-state index in [1.807, 2.05) is 44.2 Å². The fourth-order valence-electron chi connectivity index (χ4n) is 5.12. The fraction of sp³-hybridized carbons (Fsp3) is 0.452. The number of fused-ring (bicyclic) bond motifs is 1. The number of rotatable bonds is 11. The molecule has 4 N–H and O–H groups in total. The zero-order valence-electron chi connectivity index (χ0n) is 24.6. The van der Waals surface area contributed by atoms with Crippen molar-refractivity contribution < 1.29 is 38.5 Å². The molecule has 1 fully saturated rings. The van der Waals surface area contributed by atoms with Crippen molar-refractivity contribution in [2.75, 3.05) is 6.54 Å². The summed E-state index contributed by atoms with van der Waals surface area (Å²) in [5.41, 5.74) is 1.41. The van der Waals surface area contributed by atoms with Crippen LogP contribution in [0.25, 0.3) is 11.1 Å². The van der Waals surface area contributed by atoms with Gasteiger partial charge in [0.2, 0.25) is 17.7 Å². The molecule has 230 valence electrons. The summed E-state index contributed by atoms with van der Waals surface area (Å²) in [4.78, 5) is 56.7. The number of nitrogens with zero attached hydrogens (tertiary/aromatic N) is 2. The number of carboxylic acids is 1. The van der Waals surface area contributed by atoms with Crippen LogP contribution >= 0.6 is 0 Å².